The van der Waals surface area contributed by atoms with Gasteiger partial charge in [0.2, 0.25) is 0 Å². The van der Waals surface area contributed by atoms with Gasteiger partial charge in [-0.1, -0.05) is 25.7 Å². The van der Waals surface area contributed by atoms with Crippen molar-refractivity contribution >= 4 is 24.7 Å². The van der Waals surface area contributed by atoms with Crippen LogP contribution in [0.5, 0.6) is 0 Å². The summed E-state index contributed by atoms with van der Waals surface area (Å²) in [5.74, 6) is 0. The molecule has 0 fully saturated rings. The fraction of sp³-hybridized carbons (Fsp3) is 0.409. The molecule has 0 N–H and O–H groups in total. The lowest BCUT2D eigenvalue weighted by molar-refractivity contribution is 0.0817. The van der Waals surface area contributed by atoms with Crippen LogP contribution in [0, 0.1) is 11.3 Å². The average Bonchev–Trinajstić information content (AvgIpc) is 3.13. The van der Waals surface area contributed by atoms with Gasteiger partial charge in [-0.05, 0) is 36.2 Å². The van der Waals surface area contributed by atoms with Crippen molar-refractivity contribution in [2.75, 3.05) is 18.1 Å². The highest BCUT2D eigenvalue weighted by atomic mass is 28.3. The smallest absolute Gasteiger partial charge is 0.139 e. The van der Waals surface area contributed by atoms with Crippen molar-refractivity contribution in [1.82, 2.24) is 14.8 Å². The second-order valence-electron chi connectivity index (χ2n) is 8.82. The van der Waals surface area contributed by atoms with Crippen molar-refractivity contribution < 1.29 is 4.74 Å². The third-order valence-corrected chi connectivity index (χ3v) is 7.10. The highest BCUT2D eigenvalue weighted by Crippen LogP contribution is 2.30. The Morgan fingerprint density at radius 3 is 2.90 bits per heavy atom. The highest BCUT2D eigenvalue weighted by Gasteiger charge is 2.21. The third-order valence-electron chi connectivity index (χ3n) is 5.40. The number of ether oxygens (including phenoxy) is 1. The van der Waals surface area contributed by atoms with E-state index in [0.29, 0.717) is 12.3 Å². The molecule has 0 aliphatic carbocycles. The summed E-state index contributed by atoms with van der Waals surface area (Å²) < 4.78 is 7.84. The normalized spacial score (nSPS) is 14.1. The van der Waals surface area contributed by atoms with E-state index in [1.807, 2.05) is 16.9 Å². The molecule has 0 amide bonds. The molecule has 3 aromatic rings. The van der Waals surface area contributed by atoms with Crippen molar-refractivity contribution in [1.29, 1.82) is 5.26 Å². The molecular formula is C22H27N5OSi. The van der Waals surface area contributed by atoms with Crippen LogP contribution in [-0.4, -0.2) is 36.0 Å². The SMILES string of the molecule is C[Si](C)(C)CCOCn1ncc2c(N3CCc4cc(C#N)cnc4C3)cccc21. The number of anilines is 1. The van der Waals surface area contributed by atoms with Crippen LogP contribution >= 0.6 is 0 Å². The Balaban J connectivity index is 1.51. The summed E-state index contributed by atoms with van der Waals surface area (Å²) in [5.41, 5.74) is 5.13. The van der Waals surface area contributed by atoms with Gasteiger partial charge in [0.25, 0.3) is 0 Å². The van der Waals surface area contributed by atoms with Gasteiger partial charge in [-0.15, -0.1) is 0 Å². The Bertz CT molecular complexity index is 1060. The molecular weight excluding hydrogens is 378 g/mol. The molecule has 6 nitrogen and oxygen atoms in total. The molecule has 0 atom stereocenters. The van der Waals surface area contributed by atoms with Gasteiger partial charge in [0.15, 0.2) is 0 Å². The molecule has 4 rings (SSSR count). The molecule has 0 saturated carbocycles. The largest absolute Gasteiger partial charge is 0.365 e. The minimum Gasteiger partial charge on any atom is -0.365 e. The van der Waals surface area contributed by atoms with Gasteiger partial charge in [-0.25, -0.2) is 4.68 Å². The molecule has 1 aliphatic rings. The first-order valence-electron chi connectivity index (χ1n) is 10.1. The van der Waals surface area contributed by atoms with Crippen molar-refractivity contribution in [3.63, 3.8) is 0 Å². The van der Waals surface area contributed by atoms with Crippen molar-refractivity contribution in [2.24, 2.45) is 0 Å². The van der Waals surface area contributed by atoms with E-state index in [1.165, 1.54) is 11.3 Å². The molecule has 29 heavy (non-hydrogen) atoms. The lowest BCUT2D eigenvalue weighted by atomic mass is 10.0. The van der Waals surface area contributed by atoms with E-state index in [2.05, 4.69) is 58.9 Å². The summed E-state index contributed by atoms with van der Waals surface area (Å²) >= 11 is 0. The Labute approximate surface area is 172 Å². The van der Waals surface area contributed by atoms with Gasteiger partial charge < -0.3 is 9.64 Å². The third kappa shape index (κ3) is 4.34. The van der Waals surface area contributed by atoms with Crippen LogP contribution in [0.1, 0.15) is 16.8 Å². The van der Waals surface area contributed by atoms with Gasteiger partial charge in [-0.3, -0.25) is 4.98 Å². The number of nitriles is 1. The molecule has 1 aromatic carbocycles. The standard InChI is InChI=1S/C22H27N5OSi/c1-29(2,3)10-9-28-16-27-22-6-4-5-21(19(22)14-25-27)26-8-7-18-11-17(12-23)13-24-20(18)15-26/h4-6,11,13-14H,7-10,15-16H2,1-3H3. The molecule has 0 radical (unpaired) electrons. The quantitative estimate of drug-likeness (QED) is 0.455. The van der Waals surface area contributed by atoms with Crippen LogP contribution in [-0.2, 0) is 24.4 Å². The number of aromatic nitrogens is 3. The number of rotatable bonds is 6. The van der Waals surface area contributed by atoms with Crippen molar-refractivity contribution in [3.8, 4) is 6.07 Å². The zero-order valence-electron chi connectivity index (χ0n) is 17.4. The van der Waals surface area contributed by atoms with Gasteiger partial charge in [0, 0.05) is 38.5 Å². The lowest BCUT2D eigenvalue weighted by Gasteiger charge is -2.30. The maximum atomic E-state index is 9.09. The maximum absolute atomic E-state index is 9.09. The summed E-state index contributed by atoms with van der Waals surface area (Å²) in [6.07, 6.45) is 4.50. The van der Waals surface area contributed by atoms with E-state index in [-0.39, 0.29) is 0 Å². The summed E-state index contributed by atoms with van der Waals surface area (Å²) in [7, 11) is -1.08. The zero-order chi connectivity index (χ0) is 20.4. The Morgan fingerprint density at radius 1 is 1.24 bits per heavy atom. The van der Waals surface area contributed by atoms with Gasteiger partial charge in [-0.2, -0.15) is 10.4 Å². The predicted molar refractivity (Wildman–Crippen MR) is 118 cm³/mol. The predicted octanol–water partition coefficient (Wildman–Crippen LogP) is 4.18. The van der Waals surface area contributed by atoms with Crippen LogP contribution < -0.4 is 4.90 Å². The van der Waals surface area contributed by atoms with Crippen molar-refractivity contribution in [2.45, 2.75) is 45.4 Å². The molecule has 0 spiro atoms. The van der Waals surface area contributed by atoms with E-state index in [4.69, 9.17) is 10.00 Å². The number of benzene rings is 1. The molecule has 1 aliphatic heterocycles. The van der Waals surface area contributed by atoms with E-state index < -0.39 is 8.07 Å². The minimum absolute atomic E-state index is 0.485. The van der Waals surface area contributed by atoms with Crippen molar-refractivity contribution in [3.05, 3.63) is 53.5 Å². The number of fused-ring (bicyclic) bond motifs is 2. The topological polar surface area (TPSA) is 67.0 Å². The second-order valence-corrected chi connectivity index (χ2v) is 14.4. The first-order valence-corrected chi connectivity index (χ1v) is 13.8. The molecule has 7 heteroatoms. The van der Waals surface area contributed by atoms with E-state index in [9.17, 15) is 0 Å². The molecule has 0 saturated heterocycles. The average molecular weight is 406 g/mol. The second kappa shape index (κ2) is 7.97. The summed E-state index contributed by atoms with van der Waals surface area (Å²) in [5, 5.41) is 14.8. The molecule has 3 heterocycles. The number of pyridine rings is 1. The Kier molecular flexibility index (Phi) is 5.39. The molecule has 2 aromatic heterocycles. The molecule has 0 unspecified atom stereocenters. The van der Waals surface area contributed by atoms with Crippen LogP contribution in [0.4, 0.5) is 5.69 Å². The number of hydrogen-bond donors (Lipinski definition) is 0. The summed E-state index contributed by atoms with van der Waals surface area (Å²) in [6.45, 7) is 10.0. The fourth-order valence-electron chi connectivity index (χ4n) is 3.68. The number of nitrogens with zero attached hydrogens (tertiary/aromatic N) is 5. The van der Waals surface area contributed by atoms with Gasteiger partial charge in [0.05, 0.1) is 29.5 Å². The van der Waals surface area contributed by atoms with Crippen LogP contribution in [0.15, 0.2) is 36.7 Å². The monoisotopic (exact) mass is 405 g/mol. The summed E-state index contributed by atoms with van der Waals surface area (Å²) in [6, 6.07) is 11.6. The lowest BCUT2D eigenvalue weighted by Crippen LogP contribution is -2.31. The molecule has 0 bridgehead atoms. The first kappa shape index (κ1) is 19.6. The first-order chi connectivity index (χ1) is 13.9. The van der Waals surface area contributed by atoms with Gasteiger partial charge in [0.1, 0.15) is 12.8 Å². The maximum Gasteiger partial charge on any atom is 0.139 e. The van der Waals surface area contributed by atoms with Crippen LogP contribution in [0.3, 0.4) is 0 Å². The Morgan fingerprint density at radius 2 is 2.10 bits per heavy atom. The molecule has 150 valence electrons. The Hall–Kier alpha value is -2.69. The van der Waals surface area contributed by atoms with Crippen LogP contribution in [0.2, 0.25) is 25.7 Å². The zero-order valence-corrected chi connectivity index (χ0v) is 18.4. The van der Waals surface area contributed by atoms with Gasteiger partial charge >= 0.3 is 0 Å². The van der Waals surface area contributed by atoms with Crippen LogP contribution in [0.25, 0.3) is 10.9 Å². The number of hydrogen-bond acceptors (Lipinski definition) is 5. The van der Waals surface area contributed by atoms with E-state index in [0.717, 1.165) is 48.8 Å². The minimum atomic E-state index is -1.08. The van der Waals surface area contributed by atoms with E-state index >= 15 is 0 Å². The fourth-order valence-corrected chi connectivity index (χ4v) is 4.43. The summed E-state index contributed by atoms with van der Waals surface area (Å²) in [4.78, 5) is 6.87. The van der Waals surface area contributed by atoms with E-state index in [1.54, 1.807) is 6.20 Å². The highest BCUT2D eigenvalue weighted by molar-refractivity contribution is 6.76.